The van der Waals surface area contributed by atoms with E-state index >= 15 is 0 Å². The first kappa shape index (κ1) is 21.0. The Morgan fingerprint density at radius 1 is 1.38 bits per heavy atom. The van der Waals surface area contributed by atoms with Gasteiger partial charge < -0.3 is 14.5 Å². The van der Waals surface area contributed by atoms with Gasteiger partial charge in [0.25, 0.3) is 0 Å². The summed E-state index contributed by atoms with van der Waals surface area (Å²) >= 11 is 0. The van der Waals surface area contributed by atoms with Gasteiger partial charge in [0.05, 0.1) is 12.9 Å². The third-order valence-electron chi connectivity index (χ3n) is 5.73. The number of hydrogen-bond acceptors (Lipinski definition) is 4. The molecule has 148 valence electrons. The Kier molecular flexibility index (Phi) is 8.16. The lowest BCUT2D eigenvalue weighted by atomic mass is 9.90. The SMILES string of the molecule is CCCNC(C1=CC=C(OC)C(C)C1)N(C)C(=NC)C1CCN(C)CC1. The normalized spacial score (nSPS) is 24.1. The Morgan fingerprint density at radius 2 is 2.08 bits per heavy atom. The summed E-state index contributed by atoms with van der Waals surface area (Å²) in [5.41, 5.74) is 1.42. The zero-order valence-corrected chi connectivity index (χ0v) is 17.6. The van der Waals surface area contributed by atoms with Crippen molar-refractivity contribution in [2.75, 3.05) is 47.9 Å². The average molecular weight is 363 g/mol. The van der Waals surface area contributed by atoms with E-state index in [1.165, 1.54) is 24.3 Å². The second-order valence-corrected chi connectivity index (χ2v) is 7.75. The number of nitrogens with one attached hydrogen (secondary N) is 1. The van der Waals surface area contributed by atoms with E-state index in [0.717, 1.165) is 38.2 Å². The molecule has 0 aromatic heterocycles. The van der Waals surface area contributed by atoms with E-state index in [0.29, 0.717) is 11.8 Å². The summed E-state index contributed by atoms with van der Waals surface area (Å²) < 4.78 is 5.50. The zero-order valence-electron chi connectivity index (χ0n) is 17.6. The smallest absolute Gasteiger partial charge is 0.103 e. The predicted octanol–water partition coefficient (Wildman–Crippen LogP) is 3.11. The van der Waals surface area contributed by atoms with Crippen molar-refractivity contribution in [2.24, 2.45) is 16.8 Å². The fourth-order valence-corrected chi connectivity index (χ4v) is 4.17. The fraction of sp³-hybridized carbons (Fsp3) is 0.762. The number of methoxy groups -OCH3 is 1. The van der Waals surface area contributed by atoms with Crippen molar-refractivity contribution in [3.05, 3.63) is 23.5 Å². The zero-order chi connectivity index (χ0) is 19.1. The van der Waals surface area contributed by atoms with Crippen LogP contribution in [0.5, 0.6) is 0 Å². The molecule has 2 unspecified atom stereocenters. The van der Waals surface area contributed by atoms with Crippen LogP contribution in [0.2, 0.25) is 0 Å². The monoisotopic (exact) mass is 362 g/mol. The maximum Gasteiger partial charge on any atom is 0.103 e. The molecule has 2 rings (SSSR count). The van der Waals surface area contributed by atoms with E-state index in [2.05, 4.69) is 55.2 Å². The Bertz CT molecular complexity index is 532. The molecule has 1 fully saturated rings. The van der Waals surface area contributed by atoms with Crippen LogP contribution in [0.15, 0.2) is 28.5 Å². The summed E-state index contributed by atoms with van der Waals surface area (Å²) in [6.07, 6.45) is 9.11. The second-order valence-electron chi connectivity index (χ2n) is 7.75. The van der Waals surface area contributed by atoms with Crippen molar-refractivity contribution in [2.45, 2.75) is 45.7 Å². The number of amidine groups is 1. The van der Waals surface area contributed by atoms with Crippen LogP contribution in [0, 0.1) is 11.8 Å². The molecule has 1 heterocycles. The molecule has 0 bridgehead atoms. The Labute approximate surface area is 160 Å². The lowest BCUT2D eigenvalue weighted by Crippen LogP contribution is -2.51. The Balaban J connectivity index is 2.19. The van der Waals surface area contributed by atoms with E-state index in [1.54, 1.807) is 7.11 Å². The maximum absolute atomic E-state index is 5.50. The molecule has 26 heavy (non-hydrogen) atoms. The summed E-state index contributed by atoms with van der Waals surface area (Å²) in [6, 6.07) is 0. The van der Waals surface area contributed by atoms with Crippen LogP contribution in [0.25, 0.3) is 0 Å². The minimum absolute atomic E-state index is 0.199. The Hall–Kier alpha value is -1.33. The summed E-state index contributed by atoms with van der Waals surface area (Å²) in [7, 11) is 8.13. The van der Waals surface area contributed by atoms with Crippen LogP contribution in [-0.4, -0.2) is 69.7 Å². The highest BCUT2D eigenvalue weighted by Crippen LogP contribution is 2.29. The topological polar surface area (TPSA) is 40.1 Å². The van der Waals surface area contributed by atoms with Crippen LogP contribution in [-0.2, 0) is 4.74 Å². The highest BCUT2D eigenvalue weighted by atomic mass is 16.5. The van der Waals surface area contributed by atoms with Crippen LogP contribution in [0.1, 0.15) is 39.5 Å². The summed E-state index contributed by atoms with van der Waals surface area (Å²) in [6.45, 7) is 7.78. The standard InChI is InChI=1S/C21H38N4O/c1-7-12-23-21(18-8-9-19(26-6)16(2)15-18)25(5)20(22-3)17-10-13-24(4)14-11-17/h8-9,16-17,21,23H,7,10-15H2,1-6H3. The van der Waals surface area contributed by atoms with Gasteiger partial charge in [-0.2, -0.15) is 0 Å². The summed E-state index contributed by atoms with van der Waals surface area (Å²) in [5.74, 6) is 3.29. The average Bonchev–Trinajstić information content (AvgIpc) is 2.64. The van der Waals surface area contributed by atoms with Gasteiger partial charge >= 0.3 is 0 Å². The van der Waals surface area contributed by atoms with E-state index in [1.807, 2.05) is 7.05 Å². The number of ether oxygens (including phenoxy) is 1. The first-order valence-electron chi connectivity index (χ1n) is 10.1. The van der Waals surface area contributed by atoms with E-state index < -0.39 is 0 Å². The van der Waals surface area contributed by atoms with Gasteiger partial charge in [0, 0.05) is 25.9 Å². The third-order valence-corrected chi connectivity index (χ3v) is 5.73. The predicted molar refractivity (Wildman–Crippen MR) is 110 cm³/mol. The molecule has 0 amide bonds. The number of hydrogen-bond donors (Lipinski definition) is 1. The molecule has 0 spiro atoms. The van der Waals surface area contributed by atoms with Gasteiger partial charge in [0.2, 0.25) is 0 Å². The molecule has 1 N–H and O–H groups in total. The van der Waals surface area contributed by atoms with Gasteiger partial charge in [-0.25, -0.2) is 0 Å². The number of likely N-dealkylation sites (N-methyl/N-ethyl adjacent to an activating group) is 1. The molecule has 5 nitrogen and oxygen atoms in total. The van der Waals surface area contributed by atoms with Gasteiger partial charge in [-0.15, -0.1) is 0 Å². The fourth-order valence-electron chi connectivity index (χ4n) is 4.17. The quantitative estimate of drug-likeness (QED) is 0.429. The molecule has 2 atom stereocenters. The van der Waals surface area contributed by atoms with Crippen molar-refractivity contribution in [3.8, 4) is 0 Å². The number of allylic oxidation sites excluding steroid dienone is 3. The van der Waals surface area contributed by atoms with Crippen molar-refractivity contribution in [1.82, 2.24) is 15.1 Å². The van der Waals surface area contributed by atoms with Crippen LogP contribution < -0.4 is 5.32 Å². The van der Waals surface area contributed by atoms with E-state index in [-0.39, 0.29) is 6.17 Å². The first-order valence-corrected chi connectivity index (χ1v) is 10.1. The molecule has 0 aromatic carbocycles. The molecular formula is C21H38N4O. The van der Waals surface area contributed by atoms with Crippen LogP contribution in [0.4, 0.5) is 0 Å². The highest BCUT2D eigenvalue weighted by Gasteiger charge is 2.30. The number of nitrogens with zero attached hydrogens (tertiary/aromatic N) is 3. The molecule has 5 heteroatoms. The van der Waals surface area contributed by atoms with Crippen molar-refractivity contribution in [1.29, 1.82) is 0 Å². The van der Waals surface area contributed by atoms with Crippen LogP contribution in [0.3, 0.4) is 0 Å². The van der Waals surface area contributed by atoms with Crippen molar-refractivity contribution in [3.63, 3.8) is 0 Å². The van der Waals surface area contributed by atoms with Gasteiger partial charge in [-0.3, -0.25) is 10.3 Å². The molecule has 0 radical (unpaired) electrons. The summed E-state index contributed by atoms with van der Waals surface area (Å²) in [4.78, 5) is 9.53. The minimum atomic E-state index is 0.199. The van der Waals surface area contributed by atoms with E-state index in [9.17, 15) is 0 Å². The number of likely N-dealkylation sites (tertiary alicyclic amines) is 1. The molecule has 2 aliphatic rings. The maximum atomic E-state index is 5.50. The lowest BCUT2D eigenvalue weighted by molar-refractivity contribution is 0.227. The number of aliphatic imine (C=N–C) groups is 1. The van der Waals surface area contributed by atoms with Crippen molar-refractivity contribution >= 4 is 5.84 Å². The minimum Gasteiger partial charge on any atom is -0.501 e. The molecule has 1 saturated heterocycles. The van der Waals surface area contributed by atoms with Crippen molar-refractivity contribution < 1.29 is 4.74 Å². The second kappa shape index (κ2) is 10.1. The summed E-state index contributed by atoms with van der Waals surface area (Å²) in [5, 5.41) is 3.75. The van der Waals surface area contributed by atoms with Gasteiger partial charge in [0.15, 0.2) is 0 Å². The number of piperidine rings is 1. The van der Waals surface area contributed by atoms with Gasteiger partial charge in [-0.1, -0.05) is 19.9 Å². The third kappa shape index (κ3) is 5.10. The van der Waals surface area contributed by atoms with Crippen LogP contribution >= 0.6 is 0 Å². The molecular weight excluding hydrogens is 324 g/mol. The molecule has 0 aromatic rings. The first-order chi connectivity index (χ1) is 12.5. The highest BCUT2D eigenvalue weighted by molar-refractivity contribution is 5.85. The largest absolute Gasteiger partial charge is 0.501 e. The van der Waals surface area contributed by atoms with Gasteiger partial charge in [-0.05, 0) is 64.0 Å². The Morgan fingerprint density at radius 3 is 2.62 bits per heavy atom. The van der Waals surface area contributed by atoms with E-state index in [4.69, 9.17) is 9.73 Å². The van der Waals surface area contributed by atoms with Gasteiger partial charge in [0.1, 0.15) is 12.0 Å². The number of rotatable bonds is 7. The molecule has 1 aliphatic carbocycles. The lowest BCUT2D eigenvalue weighted by Gasteiger charge is -2.39. The molecule has 1 aliphatic heterocycles. The molecule has 0 saturated carbocycles.